The van der Waals surface area contributed by atoms with Crippen LogP contribution in [0.2, 0.25) is 0 Å². The van der Waals surface area contributed by atoms with Crippen molar-refractivity contribution in [3.8, 4) is 0 Å². The predicted molar refractivity (Wildman–Crippen MR) is 64.7 cm³/mol. The number of aromatic amines is 1. The zero-order chi connectivity index (χ0) is 11.3. The molecule has 2 heterocycles. The van der Waals surface area contributed by atoms with Crippen molar-refractivity contribution >= 4 is 15.9 Å². The lowest BCUT2D eigenvalue weighted by Crippen LogP contribution is -1.74. The molecule has 0 aromatic carbocycles. The average Bonchev–Trinajstić information content (AvgIpc) is 2.57. The van der Waals surface area contributed by atoms with Crippen LogP contribution in [0.1, 0.15) is 17.0 Å². The van der Waals surface area contributed by atoms with Crippen LogP contribution in [-0.2, 0) is 0 Å². The SMILES string of the molecule is Cc1ccncc1Br.Cc1nc[nH]c1C. The molecule has 0 bridgehead atoms. The van der Waals surface area contributed by atoms with Crippen molar-refractivity contribution in [2.75, 3.05) is 0 Å². The molecule has 0 aliphatic rings. The standard InChI is InChI=1S/C6H6BrN.C5H8N2/c1-5-2-3-8-4-6(5)7;1-4-5(2)7-3-6-4/h2-4H,1H3;3H,1-2H3,(H,6,7). The highest BCUT2D eigenvalue weighted by atomic mass is 79.9. The van der Waals surface area contributed by atoms with Crippen LogP contribution in [0.25, 0.3) is 0 Å². The minimum Gasteiger partial charge on any atom is -0.348 e. The molecular formula is C11H14BrN3. The van der Waals surface area contributed by atoms with Crippen LogP contribution < -0.4 is 0 Å². The molecular weight excluding hydrogens is 254 g/mol. The molecule has 0 unspecified atom stereocenters. The summed E-state index contributed by atoms with van der Waals surface area (Å²) in [5.41, 5.74) is 3.46. The summed E-state index contributed by atoms with van der Waals surface area (Å²) < 4.78 is 1.07. The van der Waals surface area contributed by atoms with E-state index in [9.17, 15) is 0 Å². The highest BCUT2D eigenvalue weighted by Gasteiger charge is 1.88. The zero-order valence-electron chi connectivity index (χ0n) is 9.08. The fourth-order valence-corrected chi connectivity index (χ4v) is 1.12. The molecule has 3 nitrogen and oxygen atoms in total. The Morgan fingerprint density at radius 3 is 2.27 bits per heavy atom. The summed E-state index contributed by atoms with van der Waals surface area (Å²) in [5, 5.41) is 0. The molecule has 15 heavy (non-hydrogen) atoms. The summed E-state index contributed by atoms with van der Waals surface area (Å²) in [4.78, 5) is 10.8. The van der Waals surface area contributed by atoms with Crippen LogP contribution in [0.15, 0.2) is 29.3 Å². The van der Waals surface area contributed by atoms with Gasteiger partial charge in [0.05, 0.1) is 12.0 Å². The van der Waals surface area contributed by atoms with Gasteiger partial charge in [-0.2, -0.15) is 0 Å². The minimum atomic E-state index is 1.07. The number of halogens is 1. The van der Waals surface area contributed by atoms with E-state index in [4.69, 9.17) is 0 Å². The smallest absolute Gasteiger partial charge is 0.0925 e. The first-order chi connectivity index (χ1) is 7.11. The van der Waals surface area contributed by atoms with Crippen LogP contribution in [0, 0.1) is 20.8 Å². The van der Waals surface area contributed by atoms with Gasteiger partial charge in [-0.3, -0.25) is 4.98 Å². The Bertz CT molecular complexity index is 386. The number of aromatic nitrogens is 3. The molecule has 0 spiro atoms. The zero-order valence-corrected chi connectivity index (χ0v) is 10.7. The van der Waals surface area contributed by atoms with E-state index in [-0.39, 0.29) is 0 Å². The normalized spacial score (nSPS) is 9.33. The summed E-state index contributed by atoms with van der Waals surface area (Å²) in [6.45, 7) is 6.01. The fraction of sp³-hybridized carbons (Fsp3) is 0.273. The average molecular weight is 268 g/mol. The number of imidazole rings is 1. The molecule has 1 N–H and O–H groups in total. The molecule has 0 radical (unpaired) electrons. The van der Waals surface area contributed by atoms with Crippen LogP contribution in [0.4, 0.5) is 0 Å². The van der Waals surface area contributed by atoms with Gasteiger partial charge in [-0.1, -0.05) is 0 Å². The van der Waals surface area contributed by atoms with E-state index in [1.165, 1.54) is 5.56 Å². The number of nitrogens with zero attached hydrogens (tertiary/aromatic N) is 2. The maximum atomic E-state index is 3.96. The van der Waals surface area contributed by atoms with Gasteiger partial charge in [0.1, 0.15) is 0 Å². The molecule has 0 aliphatic carbocycles. The lowest BCUT2D eigenvalue weighted by molar-refractivity contribution is 1.22. The van der Waals surface area contributed by atoms with E-state index in [1.807, 2.05) is 26.8 Å². The second kappa shape index (κ2) is 5.66. The van der Waals surface area contributed by atoms with E-state index in [0.29, 0.717) is 0 Å². The monoisotopic (exact) mass is 267 g/mol. The molecule has 2 aromatic rings. The number of H-pyrrole nitrogens is 1. The van der Waals surface area contributed by atoms with Gasteiger partial charge in [-0.15, -0.1) is 0 Å². The van der Waals surface area contributed by atoms with Gasteiger partial charge in [0.15, 0.2) is 0 Å². The summed E-state index contributed by atoms with van der Waals surface area (Å²) in [5.74, 6) is 0. The highest BCUT2D eigenvalue weighted by Crippen LogP contribution is 2.11. The quantitative estimate of drug-likeness (QED) is 0.797. The van der Waals surface area contributed by atoms with Gasteiger partial charge in [-0.25, -0.2) is 4.98 Å². The summed E-state index contributed by atoms with van der Waals surface area (Å²) in [6.07, 6.45) is 5.26. The molecule has 80 valence electrons. The largest absolute Gasteiger partial charge is 0.348 e. The predicted octanol–water partition coefficient (Wildman–Crippen LogP) is 3.18. The number of hydrogen-bond donors (Lipinski definition) is 1. The first-order valence-electron chi connectivity index (χ1n) is 4.64. The Labute approximate surface area is 98.1 Å². The molecule has 0 aliphatic heterocycles. The second-order valence-corrected chi connectivity index (χ2v) is 4.09. The van der Waals surface area contributed by atoms with E-state index in [1.54, 1.807) is 18.7 Å². The number of aryl methyl sites for hydroxylation is 3. The van der Waals surface area contributed by atoms with Gasteiger partial charge in [0, 0.05) is 22.6 Å². The molecule has 0 fully saturated rings. The van der Waals surface area contributed by atoms with Gasteiger partial charge in [-0.05, 0) is 48.3 Å². The number of pyridine rings is 1. The first kappa shape index (κ1) is 11.9. The van der Waals surface area contributed by atoms with Gasteiger partial charge in [0.2, 0.25) is 0 Å². The maximum Gasteiger partial charge on any atom is 0.0925 e. The number of rotatable bonds is 0. The lowest BCUT2D eigenvalue weighted by atomic mass is 10.3. The third-order valence-corrected chi connectivity index (χ3v) is 2.89. The topological polar surface area (TPSA) is 41.6 Å². The van der Waals surface area contributed by atoms with Gasteiger partial charge in [0.25, 0.3) is 0 Å². The molecule has 0 amide bonds. The Balaban J connectivity index is 0.000000151. The first-order valence-corrected chi connectivity index (χ1v) is 5.43. The van der Waals surface area contributed by atoms with Crippen molar-refractivity contribution in [2.45, 2.75) is 20.8 Å². The van der Waals surface area contributed by atoms with Crippen LogP contribution in [0.5, 0.6) is 0 Å². The third-order valence-electron chi connectivity index (χ3n) is 2.06. The number of hydrogen-bond acceptors (Lipinski definition) is 2. The van der Waals surface area contributed by atoms with Crippen LogP contribution in [-0.4, -0.2) is 15.0 Å². The summed E-state index contributed by atoms with van der Waals surface area (Å²) in [7, 11) is 0. The third kappa shape index (κ3) is 3.83. The van der Waals surface area contributed by atoms with Crippen molar-refractivity contribution in [3.63, 3.8) is 0 Å². The van der Waals surface area contributed by atoms with Crippen molar-refractivity contribution in [2.24, 2.45) is 0 Å². The van der Waals surface area contributed by atoms with Crippen LogP contribution >= 0.6 is 15.9 Å². The Morgan fingerprint density at radius 2 is 2.00 bits per heavy atom. The van der Waals surface area contributed by atoms with Gasteiger partial charge >= 0.3 is 0 Å². The van der Waals surface area contributed by atoms with Crippen LogP contribution in [0.3, 0.4) is 0 Å². The molecule has 0 atom stereocenters. The molecule has 0 saturated heterocycles. The maximum absolute atomic E-state index is 3.96. The van der Waals surface area contributed by atoms with Gasteiger partial charge < -0.3 is 4.98 Å². The van der Waals surface area contributed by atoms with Crippen molar-refractivity contribution < 1.29 is 0 Å². The lowest BCUT2D eigenvalue weighted by Gasteiger charge is -1.90. The van der Waals surface area contributed by atoms with Crippen molar-refractivity contribution in [3.05, 3.63) is 46.2 Å². The molecule has 0 saturated carbocycles. The second-order valence-electron chi connectivity index (χ2n) is 3.24. The molecule has 2 aromatic heterocycles. The van der Waals surface area contributed by atoms with E-state index >= 15 is 0 Å². The van der Waals surface area contributed by atoms with E-state index in [0.717, 1.165) is 15.9 Å². The minimum absolute atomic E-state index is 1.07. The van der Waals surface area contributed by atoms with E-state index in [2.05, 4.69) is 30.9 Å². The number of nitrogens with one attached hydrogen (secondary N) is 1. The van der Waals surface area contributed by atoms with Crippen molar-refractivity contribution in [1.82, 2.24) is 15.0 Å². The van der Waals surface area contributed by atoms with Crippen molar-refractivity contribution in [1.29, 1.82) is 0 Å². The summed E-state index contributed by atoms with van der Waals surface area (Å²) >= 11 is 3.33. The molecule has 4 heteroatoms. The summed E-state index contributed by atoms with van der Waals surface area (Å²) in [6, 6.07) is 1.96. The fourth-order valence-electron chi connectivity index (χ4n) is 0.872. The Kier molecular flexibility index (Phi) is 4.49. The van der Waals surface area contributed by atoms with E-state index < -0.39 is 0 Å². The Hall–Kier alpha value is -1.16. The molecule has 2 rings (SSSR count). The highest BCUT2D eigenvalue weighted by molar-refractivity contribution is 9.10. The Morgan fingerprint density at radius 1 is 1.27 bits per heavy atom.